The summed E-state index contributed by atoms with van der Waals surface area (Å²) in [5.41, 5.74) is 2.94. The quantitative estimate of drug-likeness (QED) is 0.0495. The molecule has 1 atom stereocenters. The number of aliphatic hydroxyl groups excluding tert-OH is 1. The van der Waals surface area contributed by atoms with E-state index in [1.54, 1.807) is 48.5 Å². The molecule has 11 heteroatoms. The van der Waals surface area contributed by atoms with Gasteiger partial charge < -0.3 is 14.6 Å². The maximum atomic E-state index is 13.7. The van der Waals surface area contributed by atoms with Gasteiger partial charge in [-0.15, -0.1) is 10.2 Å². The molecule has 1 aromatic heterocycles. The summed E-state index contributed by atoms with van der Waals surface area (Å²) in [7, 11) is 0. The SMILES string of the molecule is CCOc1cc(C2/C(=C(\O)c3ccccc3)C(=O)C(=O)N2c2nnc(SCc3ccc(Cl)cc3)s2)ccc1OCc1ccccc1. The van der Waals surface area contributed by atoms with E-state index in [4.69, 9.17) is 21.1 Å². The molecule has 1 aliphatic rings. The van der Waals surface area contributed by atoms with Gasteiger partial charge in [0.05, 0.1) is 18.2 Å². The summed E-state index contributed by atoms with van der Waals surface area (Å²) < 4.78 is 12.7. The highest BCUT2D eigenvalue weighted by molar-refractivity contribution is 8.00. The molecule has 6 rings (SSSR count). The predicted octanol–water partition coefficient (Wildman–Crippen LogP) is 8.09. The van der Waals surface area contributed by atoms with Gasteiger partial charge in [0.1, 0.15) is 12.4 Å². The minimum Gasteiger partial charge on any atom is -0.507 e. The van der Waals surface area contributed by atoms with Crippen molar-refractivity contribution >= 4 is 57.3 Å². The fraction of sp³-hybridized carbons (Fsp3) is 0.143. The van der Waals surface area contributed by atoms with Crippen molar-refractivity contribution in [3.63, 3.8) is 0 Å². The molecule has 1 aliphatic heterocycles. The van der Waals surface area contributed by atoms with Crippen LogP contribution in [0.1, 0.15) is 35.2 Å². The molecule has 232 valence electrons. The molecule has 1 saturated heterocycles. The fourth-order valence-electron chi connectivity index (χ4n) is 5.00. The number of amides is 1. The summed E-state index contributed by atoms with van der Waals surface area (Å²) in [6.45, 7) is 2.55. The third kappa shape index (κ3) is 6.79. The number of rotatable bonds is 11. The number of carbonyl (C=O) groups excluding carboxylic acids is 2. The topological polar surface area (TPSA) is 102 Å². The highest BCUT2D eigenvalue weighted by Gasteiger charge is 2.48. The van der Waals surface area contributed by atoms with E-state index in [0.717, 1.165) is 11.1 Å². The van der Waals surface area contributed by atoms with E-state index in [2.05, 4.69) is 10.2 Å². The Hall–Kier alpha value is -4.64. The van der Waals surface area contributed by atoms with Crippen LogP contribution in [0.4, 0.5) is 5.13 Å². The summed E-state index contributed by atoms with van der Waals surface area (Å²) in [6, 6.07) is 30.2. The van der Waals surface area contributed by atoms with Gasteiger partial charge in [-0.1, -0.05) is 114 Å². The molecule has 1 fully saturated rings. The first-order chi connectivity index (χ1) is 22.4. The van der Waals surface area contributed by atoms with Crippen molar-refractivity contribution in [2.45, 2.75) is 29.7 Å². The van der Waals surface area contributed by atoms with Crippen molar-refractivity contribution in [3.05, 3.63) is 136 Å². The van der Waals surface area contributed by atoms with Gasteiger partial charge in [-0.25, -0.2) is 0 Å². The van der Waals surface area contributed by atoms with Gasteiger partial charge >= 0.3 is 5.91 Å². The molecule has 1 unspecified atom stereocenters. The van der Waals surface area contributed by atoms with Crippen LogP contribution < -0.4 is 14.4 Å². The number of ether oxygens (including phenoxy) is 2. The molecule has 2 heterocycles. The second kappa shape index (κ2) is 14.2. The number of anilines is 1. The molecule has 5 aromatic rings. The Morgan fingerprint density at radius 2 is 1.61 bits per heavy atom. The van der Waals surface area contributed by atoms with Crippen LogP contribution >= 0.6 is 34.7 Å². The lowest BCUT2D eigenvalue weighted by Gasteiger charge is -2.23. The van der Waals surface area contributed by atoms with Crippen LogP contribution in [0.15, 0.2) is 113 Å². The van der Waals surface area contributed by atoms with Gasteiger partial charge in [-0.3, -0.25) is 14.5 Å². The van der Waals surface area contributed by atoms with E-state index in [0.29, 0.717) is 51.0 Å². The molecule has 0 saturated carbocycles. The maximum absolute atomic E-state index is 13.7. The van der Waals surface area contributed by atoms with Crippen LogP contribution in [-0.4, -0.2) is 33.6 Å². The van der Waals surface area contributed by atoms with E-state index in [1.807, 2.05) is 61.5 Å². The Kier molecular flexibility index (Phi) is 9.68. The molecule has 1 amide bonds. The van der Waals surface area contributed by atoms with Crippen LogP contribution in [0.25, 0.3) is 5.76 Å². The Labute approximate surface area is 279 Å². The number of benzene rings is 4. The zero-order chi connectivity index (χ0) is 32.0. The van der Waals surface area contributed by atoms with Crippen molar-refractivity contribution in [1.82, 2.24) is 10.2 Å². The lowest BCUT2D eigenvalue weighted by atomic mass is 9.95. The Bertz CT molecular complexity index is 1880. The number of carbonyl (C=O) groups is 2. The minimum absolute atomic E-state index is 0.0535. The lowest BCUT2D eigenvalue weighted by molar-refractivity contribution is -0.132. The first-order valence-electron chi connectivity index (χ1n) is 14.4. The van der Waals surface area contributed by atoms with E-state index in [9.17, 15) is 14.7 Å². The summed E-state index contributed by atoms with van der Waals surface area (Å²) in [5.74, 6) is -0.348. The van der Waals surface area contributed by atoms with E-state index >= 15 is 0 Å². The van der Waals surface area contributed by atoms with Crippen molar-refractivity contribution < 1.29 is 24.2 Å². The smallest absolute Gasteiger partial charge is 0.301 e. The maximum Gasteiger partial charge on any atom is 0.301 e. The molecule has 0 spiro atoms. The molecule has 0 radical (unpaired) electrons. The molecule has 0 bridgehead atoms. The summed E-state index contributed by atoms with van der Waals surface area (Å²) in [5, 5.41) is 21.0. The predicted molar refractivity (Wildman–Crippen MR) is 181 cm³/mol. The number of halogens is 1. The van der Waals surface area contributed by atoms with Gasteiger partial charge in [0.15, 0.2) is 15.8 Å². The Balaban J connectivity index is 1.38. The number of nitrogens with zero attached hydrogens (tertiary/aromatic N) is 3. The standard InChI is InChI=1S/C35H28ClN3O5S2/c1-2-43-28-19-25(15-18-27(28)44-20-22-9-5-3-6-10-22)30-29(31(40)24-11-7-4-8-12-24)32(41)33(42)39(30)34-37-38-35(46-34)45-21-23-13-16-26(36)17-14-23/h3-19,30,40H,2,20-21H2,1H3/b31-29+. The summed E-state index contributed by atoms with van der Waals surface area (Å²) >= 11 is 8.67. The lowest BCUT2D eigenvalue weighted by Crippen LogP contribution is -2.29. The molecular weight excluding hydrogens is 642 g/mol. The number of aliphatic hydroxyl groups is 1. The van der Waals surface area contributed by atoms with Crippen LogP contribution in [0.3, 0.4) is 0 Å². The summed E-state index contributed by atoms with van der Waals surface area (Å²) in [4.78, 5) is 28.6. The Morgan fingerprint density at radius 3 is 2.33 bits per heavy atom. The van der Waals surface area contributed by atoms with Crippen LogP contribution in [0.5, 0.6) is 11.5 Å². The van der Waals surface area contributed by atoms with Crippen molar-refractivity contribution in [2.24, 2.45) is 0 Å². The van der Waals surface area contributed by atoms with Crippen LogP contribution in [0, 0.1) is 0 Å². The number of Topliss-reactive ketones (excluding diaryl/α,β-unsaturated/α-hetero) is 1. The van der Waals surface area contributed by atoms with Crippen molar-refractivity contribution in [3.8, 4) is 11.5 Å². The zero-order valence-electron chi connectivity index (χ0n) is 24.6. The van der Waals surface area contributed by atoms with Crippen LogP contribution in [0.2, 0.25) is 5.02 Å². The highest BCUT2D eigenvalue weighted by Crippen LogP contribution is 2.45. The van der Waals surface area contributed by atoms with Crippen molar-refractivity contribution in [2.75, 3.05) is 11.5 Å². The van der Waals surface area contributed by atoms with Crippen LogP contribution in [-0.2, 0) is 21.9 Å². The van der Waals surface area contributed by atoms with E-state index < -0.39 is 17.7 Å². The minimum atomic E-state index is -0.996. The third-order valence-corrected chi connectivity index (χ3v) is 9.57. The highest BCUT2D eigenvalue weighted by atomic mass is 35.5. The molecule has 0 aliphatic carbocycles. The van der Waals surface area contributed by atoms with Gasteiger partial charge in [0.25, 0.3) is 5.78 Å². The van der Waals surface area contributed by atoms with Gasteiger partial charge in [-0.05, 0) is 47.9 Å². The van der Waals surface area contributed by atoms with Gasteiger partial charge in [0, 0.05) is 16.3 Å². The molecule has 46 heavy (non-hydrogen) atoms. The molecule has 1 N–H and O–H groups in total. The average molecular weight is 670 g/mol. The second-order valence-corrected chi connectivity index (χ2v) is 12.8. The number of ketones is 1. The molecule has 8 nitrogen and oxygen atoms in total. The first-order valence-corrected chi connectivity index (χ1v) is 16.6. The molecular formula is C35H28ClN3O5S2. The van der Waals surface area contributed by atoms with Crippen molar-refractivity contribution in [1.29, 1.82) is 0 Å². The van der Waals surface area contributed by atoms with E-state index in [-0.39, 0.29) is 16.5 Å². The van der Waals surface area contributed by atoms with Gasteiger partial charge in [0.2, 0.25) is 5.13 Å². The van der Waals surface area contributed by atoms with E-state index in [1.165, 1.54) is 28.0 Å². The Morgan fingerprint density at radius 1 is 0.891 bits per heavy atom. The largest absolute Gasteiger partial charge is 0.507 e. The number of aromatic nitrogens is 2. The monoisotopic (exact) mass is 669 g/mol. The number of hydrogen-bond acceptors (Lipinski definition) is 9. The number of thioether (sulfide) groups is 1. The normalized spacial score (nSPS) is 15.7. The number of hydrogen-bond donors (Lipinski definition) is 1. The average Bonchev–Trinajstić information content (AvgIpc) is 3.66. The fourth-order valence-corrected chi connectivity index (χ4v) is 6.95. The summed E-state index contributed by atoms with van der Waals surface area (Å²) in [6.07, 6.45) is 0. The zero-order valence-corrected chi connectivity index (χ0v) is 27.0. The van der Waals surface area contributed by atoms with Gasteiger partial charge in [-0.2, -0.15) is 0 Å². The first kappa shape index (κ1) is 31.3. The second-order valence-electron chi connectivity index (χ2n) is 10.2. The third-order valence-electron chi connectivity index (χ3n) is 7.19. The molecule has 4 aromatic carbocycles.